The molecule has 0 heterocycles. The van der Waals surface area contributed by atoms with E-state index < -0.39 is 5.06 Å². The van der Waals surface area contributed by atoms with Gasteiger partial charge in [0, 0.05) is 12.3 Å². The highest BCUT2D eigenvalue weighted by molar-refractivity contribution is 6.35. The summed E-state index contributed by atoms with van der Waals surface area (Å²) < 4.78 is 5.22. The summed E-state index contributed by atoms with van der Waals surface area (Å²) in [6, 6.07) is 7.73. The fourth-order valence-corrected chi connectivity index (χ4v) is 1.86. The van der Waals surface area contributed by atoms with Crippen molar-refractivity contribution in [2.45, 2.75) is 38.7 Å². The summed E-state index contributed by atoms with van der Waals surface area (Å²) in [7, 11) is 0. The van der Waals surface area contributed by atoms with Gasteiger partial charge in [-0.25, -0.2) is 0 Å². The number of carbonyl (C=O) groups excluding carboxylic acids is 1. The van der Waals surface area contributed by atoms with Crippen LogP contribution in [0.4, 0.5) is 5.69 Å². The molecule has 1 rings (SSSR count). The molecular formula is C14H20ClNO2. The van der Waals surface area contributed by atoms with E-state index in [0.717, 1.165) is 24.1 Å². The van der Waals surface area contributed by atoms with Gasteiger partial charge in [0.15, 0.2) is 0 Å². The number of alkyl halides is 1. The van der Waals surface area contributed by atoms with Gasteiger partial charge in [-0.2, -0.15) is 0 Å². The van der Waals surface area contributed by atoms with Crippen LogP contribution >= 0.6 is 11.6 Å². The number of amides is 1. The molecule has 1 N–H and O–H groups in total. The highest BCUT2D eigenvalue weighted by Crippen LogP contribution is 2.22. The van der Waals surface area contributed by atoms with Crippen LogP contribution in [0.1, 0.15) is 32.8 Å². The van der Waals surface area contributed by atoms with Crippen molar-refractivity contribution in [2.75, 3.05) is 11.9 Å². The van der Waals surface area contributed by atoms with Crippen molar-refractivity contribution >= 4 is 23.2 Å². The van der Waals surface area contributed by atoms with Crippen molar-refractivity contribution < 1.29 is 9.53 Å². The maximum atomic E-state index is 12.0. The third kappa shape index (κ3) is 4.00. The van der Waals surface area contributed by atoms with E-state index in [2.05, 4.69) is 12.2 Å². The standard InChI is InChI=1S/C14H20ClNO2/c1-4-8-11-9-6-7-10-12(11)16-13(17)14(3,15)18-5-2/h6-7,9-10H,4-5,8H2,1-3H3,(H,16,17). The lowest BCUT2D eigenvalue weighted by Crippen LogP contribution is -2.37. The number of hydrogen-bond acceptors (Lipinski definition) is 2. The van der Waals surface area contributed by atoms with Crippen molar-refractivity contribution in [1.82, 2.24) is 0 Å². The summed E-state index contributed by atoms with van der Waals surface area (Å²) in [5, 5.41) is 1.50. The Morgan fingerprint density at radius 3 is 2.67 bits per heavy atom. The molecule has 0 aliphatic carbocycles. The Bertz CT molecular complexity index is 405. The molecule has 0 saturated heterocycles. The zero-order valence-corrected chi connectivity index (χ0v) is 11.9. The molecule has 1 amide bonds. The fraction of sp³-hybridized carbons (Fsp3) is 0.500. The summed E-state index contributed by atoms with van der Waals surface area (Å²) >= 11 is 6.03. The summed E-state index contributed by atoms with van der Waals surface area (Å²) in [6.07, 6.45) is 1.95. The first kappa shape index (κ1) is 15.0. The van der Waals surface area contributed by atoms with Crippen LogP contribution in [-0.4, -0.2) is 17.6 Å². The Labute approximate surface area is 113 Å². The lowest BCUT2D eigenvalue weighted by Gasteiger charge is -2.21. The predicted molar refractivity (Wildman–Crippen MR) is 75.0 cm³/mol. The first-order chi connectivity index (χ1) is 8.51. The number of carbonyl (C=O) groups is 1. The van der Waals surface area contributed by atoms with Gasteiger partial charge in [-0.15, -0.1) is 0 Å². The zero-order valence-electron chi connectivity index (χ0n) is 11.1. The van der Waals surface area contributed by atoms with Crippen LogP contribution in [0.2, 0.25) is 0 Å². The van der Waals surface area contributed by atoms with Gasteiger partial charge < -0.3 is 10.1 Å². The van der Waals surface area contributed by atoms with Gasteiger partial charge in [0.05, 0.1) is 0 Å². The minimum absolute atomic E-state index is 0.338. The van der Waals surface area contributed by atoms with Gasteiger partial charge in [-0.3, -0.25) is 4.79 Å². The molecule has 0 aliphatic heterocycles. The average Bonchev–Trinajstić information content (AvgIpc) is 2.32. The van der Waals surface area contributed by atoms with Crippen molar-refractivity contribution in [3.8, 4) is 0 Å². The van der Waals surface area contributed by atoms with Crippen LogP contribution in [0.25, 0.3) is 0 Å². The van der Waals surface area contributed by atoms with Gasteiger partial charge in [0.25, 0.3) is 5.91 Å². The lowest BCUT2D eigenvalue weighted by atomic mass is 10.1. The Morgan fingerprint density at radius 1 is 1.39 bits per heavy atom. The van der Waals surface area contributed by atoms with E-state index in [1.54, 1.807) is 13.8 Å². The van der Waals surface area contributed by atoms with E-state index in [-0.39, 0.29) is 5.91 Å². The number of nitrogens with one attached hydrogen (secondary N) is 1. The molecule has 18 heavy (non-hydrogen) atoms. The van der Waals surface area contributed by atoms with Gasteiger partial charge in [-0.05, 0) is 31.9 Å². The normalized spacial score (nSPS) is 14.0. The third-order valence-corrected chi connectivity index (χ3v) is 2.89. The Balaban J connectivity index is 2.81. The first-order valence-corrected chi connectivity index (χ1v) is 6.61. The molecule has 0 aliphatic rings. The second-order valence-electron chi connectivity index (χ2n) is 4.21. The summed E-state index contributed by atoms with van der Waals surface area (Å²) in [5.41, 5.74) is 1.91. The topological polar surface area (TPSA) is 38.3 Å². The number of ether oxygens (including phenoxy) is 1. The molecule has 0 aromatic heterocycles. The SMILES string of the molecule is CCCc1ccccc1NC(=O)C(C)(Cl)OCC. The quantitative estimate of drug-likeness (QED) is 0.802. The van der Waals surface area contributed by atoms with E-state index in [4.69, 9.17) is 16.3 Å². The minimum atomic E-state index is -1.33. The Kier molecular flexibility index (Phi) is 5.63. The average molecular weight is 270 g/mol. The van der Waals surface area contributed by atoms with E-state index in [1.807, 2.05) is 24.3 Å². The second-order valence-corrected chi connectivity index (χ2v) is 4.93. The molecule has 0 fully saturated rings. The van der Waals surface area contributed by atoms with E-state index in [1.165, 1.54) is 0 Å². The molecular weight excluding hydrogens is 250 g/mol. The lowest BCUT2D eigenvalue weighted by molar-refractivity contribution is -0.129. The van der Waals surface area contributed by atoms with E-state index >= 15 is 0 Å². The molecule has 1 unspecified atom stereocenters. The van der Waals surface area contributed by atoms with Gasteiger partial charge in [0.1, 0.15) is 0 Å². The summed E-state index contributed by atoms with van der Waals surface area (Å²) in [6.45, 7) is 5.85. The number of rotatable bonds is 6. The number of anilines is 1. The van der Waals surface area contributed by atoms with E-state index in [9.17, 15) is 4.79 Å². The highest BCUT2D eigenvalue weighted by Gasteiger charge is 2.31. The molecule has 1 atom stereocenters. The molecule has 0 bridgehead atoms. The van der Waals surface area contributed by atoms with Crippen LogP contribution in [0, 0.1) is 0 Å². The molecule has 4 heteroatoms. The number of halogens is 1. The number of benzene rings is 1. The summed E-state index contributed by atoms with van der Waals surface area (Å²) in [5.74, 6) is -0.338. The van der Waals surface area contributed by atoms with Gasteiger partial charge >= 0.3 is 0 Å². The maximum Gasteiger partial charge on any atom is 0.272 e. The molecule has 100 valence electrons. The van der Waals surface area contributed by atoms with Crippen molar-refractivity contribution in [3.63, 3.8) is 0 Å². The molecule has 3 nitrogen and oxygen atoms in total. The fourth-order valence-electron chi connectivity index (χ4n) is 1.70. The third-order valence-electron chi connectivity index (χ3n) is 2.61. The predicted octanol–water partition coefficient (Wildman–Crippen LogP) is 3.57. The van der Waals surface area contributed by atoms with Crippen molar-refractivity contribution in [3.05, 3.63) is 29.8 Å². The molecule has 1 aromatic carbocycles. The van der Waals surface area contributed by atoms with Crippen LogP contribution in [0.5, 0.6) is 0 Å². The Morgan fingerprint density at radius 2 is 2.06 bits per heavy atom. The minimum Gasteiger partial charge on any atom is -0.352 e. The molecule has 0 radical (unpaired) electrons. The van der Waals surface area contributed by atoms with Gasteiger partial charge in [-0.1, -0.05) is 43.1 Å². The molecule has 1 aromatic rings. The zero-order chi connectivity index (χ0) is 13.6. The molecule has 0 saturated carbocycles. The van der Waals surface area contributed by atoms with Crippen molar-refractivity contribution in [2.24, 2.45) is 0 Å². The van der Waals surface area contributed by atoms with Crippen molar-refractivity contribution in [1.29, 1.82) is 0 Å². The highest BCUT2D eigenvalue weighted by atomic mass is 35.5. The van der Waals surface area contributed by atoms with Crippen LogP contribution in [0.3, 0.4) is 0 Å². The number of aryl methyl sites for hydroxylation is 1. The van der Waals surface area contributed by atoms with Gasteiger partial charge in [0.2, 0.25) is 5.06 Å². The molecule has 0 spiro atoms. The smallest absolute Gasteiger partial charge is 0.272 e. The number of para-hydroxylation sites is 1. The Hall–Kier alpha value is -1.06. The monoisotopic (exact) mass is 269 g/mol. The first-order valence-electron chi connectivity index (χ1n) is 6.23. The van der Waals surface area contributed by atoms with Crippen LogP contribution in [-0.2, 0) is 16.0 Å². The van der Waals surface area contributed by atoms with Crippen LogP contribution in [0.15, 0.2) is 24.3 Å². The summed E-state index contributed by atoms with van der Waals surface area (Å²) in [4.78, 5) is 12.0. The largest absolute Gasteiger partial charge is 0.352 e. The maximum absolute atomic E-state index is 12.0. The van der Waals surface area contributed by atoms with E-state index in [0.29, 0.717) is 6.61 Å². The van der Waals surface area contributed by atoms with Crippen LogP contribution < -0.4 is 5.32 Å². The second kappa shape index (κ2) is 6.76. The number of hydrogen-bond donors (Lipinski definition) is 1.